The molecule has 5 heteroatoms. The zero-order chi connectivity index (χ0) is 13.7. The van der Waals surface area contributed by atoms with Crippen LogP contribution in [0.4, 0.5) is 5.13 Å². The second kappa shape index (κ2) is 6.68. The van der Waals surface area contributed by atoms with Crippen LogP contribution >= 0.6 is 22.9 Å². The average molecular weight is 295 g/mol. The van der Waals surface area contributed by atoms with Crippen molar-refractivity contribution >= 4 is 34.0 Å². The molecule has 0 saturated heterocycles. The Morgan fingerprint density at radius 1 is 1.37 bits per heavy atom. The van der Waals surface area contributed by atoms with Gasteiger partial charge in [-0.15, -0.1) is 11.3 Å². The molecule has 3 nitrogen and oxygen atoms in total. The molecule has 0 aliphatic heterocycles. The van der Waals surface area contributed by atoms with Crippen LogP contribution in [0.15, 0.2) is 29.6 Å². The summed E-state index contributed by atoms with van der Waals surface area (Å²) in [6, 6.07) is 7.72. The number of benzene rings is 1. The Labute approximate surface area is 121 Å². The fraction of sp³-hybridized carbons (Fsp3) is 0.286. The van der Waals surface area contributed by atoms with Crippen molar-refractivity contribution in [2.45, 2.75) is 26.2 Å². The lowest BCUT2D eigenvalue weighted by atomic mass is 10.1. The smallest absolute Gasteiger partial charge is 0.226 e. The van der Waals surface area contributed by atoms with Gasteiger partial charge < -0.3 is 5.32 Å². The lowest BCUT2D eigenvalue weighted by molar-refractivity contribution is -0.116. The maximum Gasteiger partial charge on any atom is 0.226 e. The third kappa shape index (κ3) is 4.65. The summed E-state index contributed by atoms with van der Waals surface area (Å²) in [5.41, 5.74) is 2.13. The van der Waals surface area contributed by atoms with Crippen LogP contribution < -0.4 is 5.32 Å². The molecular weight excluding hydrogens is 280 g/mol. The van der Waals surface area contributed by atoms with E-state index in [1.54, 1.807) is 0 Å². The first-order chi connectivity index (χ1) is 9.13. The zero-order valence-electron chi connectivity index (χ0n) is 10.6. The first-order valence-electron chi connectivity index (χ1n) is 6.10. The number of amides is 1. The Morgan fingerprint density at radius 3 is 2.74 bits per heavy atom. The fourth-order valence-electron chi connectivity index (χ4n) is 1.70. The van der Waals surface area contributed by atoms with E-state index >= 15 is 0 Å². The molecule has 0 aliphatic rings. The molecule has 1 aromatic carbocycles. The van der Waals surface area contributed by atoms with E-state index in [0.717, 1.165) is 23.6 Å². The Morgan fingerprint density at radius 2 is 2.11 bits per heavy atom. The number of hydrogen-bond donors (Lipinski definition) is 1. The summed E-state index contributed by atoms with van der Waals surface area (Å²) >= 11 is 7.27. The van der Waals surface area contributed by atoms with Crippen LogP contribution in [0.25, 0.3) is 0 Å². The molecule has 1 N–H and O–H groups in total. The number of anilines is 1. The number of thiazole rings is 1. The Balaban J connectivity index is 1.73. The Bertz CT molecular complexity index is 551. The van der Waals surface area contributed by atoms with E-state index in [0.29, 0.717) is 11.6 Å². The van der Waals surface area contributed by atoms with Crippen molar-refractivity contribution in [3.05, 3.63) is 45.9 Å². The van der Waals surface area contributed by atoms with Gasteiger partial charge in [-0.1, -0.05) is 23.7 Å². The number of nitrogens with zero attached hydrogens (tertiary/aromatic N) is 1. The molecule has 1 heterocycles. The van der Waals surface area contributed by atoms with E-state index in [9.17, 15) is 4.79 Å². The number of hydrogen-bond acceptors (Lipinski definition) is 3. The van der Waals surface area contributed by atoms with Crippen LogP contribution in [0.3, 0.4) is 0 Å². The minimum absolute atomic E-state index is 0.0170. The van der Waals surface area contributed by atoms with Gasteiger partial charge in [-0.2, -0.15) is 0 Å². The highest BCUT2D eigenvalue weighted by atomic mass is 35.5. The topological polar surface area (TPSA) is 42.0 Å². The average Bonchev–Trinajstić information content (AvgIpc) is 2.77. The number of aromatic nitrogens is 1. The van der Waals surface area contributed by atoms with Crippen LogP contribution in [0.1, 0.15) is 24.1 Å². The molecule has 0 spiro atoms. The highest BCUT2D eigenvalue weighted by Crippen LogP contribution is 2.15. The summed E-state index contributed by atoms with van der Waals surface area (Å²) in [6.45, 7) is 1.91. The number of carbonyl (C=O) groups excluding carboxylic acids is 1. The van der Waals surface area contributed by atoms with Crippen molar-refractivity contribution in [1.82, 2.24) is 4.98 Å². The number of halogens is 1. The molecule has 19 heavy (non-hydrogen) atoms. The van der Waals surface area contributed by atoms with Gasteiger partial charge in [0.15, 0.2) is 5.13 Å². The summed E-state index contributed by atoms with van der Waals surface area (Å²) in [5.74, 6) is 0.0170. The summed E-state index contributed by atoms with van der Waals surface area (Å²) in [5, 5.41) is 6.14. The van der Waals surface area contributed by atoms with Gasteiger partial charge in [-0.25, -0.2) is 4.98 Å². The molecule has 1 aromatic heterocycles. The van der Waals surface area contributed by atoms with Gasteiger partial charge in [0.1, 0.15) is 0 Å². The van der Waals surface area contributed by atoms with E-state index < -0.39 is 0 Å². The SMILES string of the molecule is Cc1csc(NC(=O)CCCc2ccc(Cl)cc2)n1. The van der Waals surface area contributed by atoms with E-state index in [-0.39, 0.29) is 5.91 Å². The fourth-order valence-corrected chi connectivity index (χ4v) is 2.53. The van der Waals surface area contributed by atoms with Gasteiger partial charge in [0.2, 0.25) is 5.91 Å². The van der Waals surface area contributed by atoms with E-state index in [1.807, 2.05) is 36.6 Å². The standard InChI is InChI=1S/C14H15ClN2OS/c1-10-9-19-14(16-10)17-13(18)4-2-3-11-5-7-12(15)8-6-11/h5-9H,2-4H2,1H3,(H,16,17,18). The third-order valence-corrected chi connectivity index (χ3v) is 3.78. The maximum atomic E-state index is 11.7. The van der Waals surface area contributed by atoms with Gasteiger partial charge in [-0.05, 0) is 37.5 Å². The van der Waals surface area contributed by atoms with E-state index in [1.165, 1.54) is 16.9 Å². The lowest BCUT2D eigenvalue weighted by Crippen LogP contribution is -2.11. The van der Waals surface area contributed by atoms with Crippen molar-refractivity contribution in [1.29, 1.82) is 0 Å². The lowest BCUT2D eigenvalue weighted by Gasteiger charge is -2.02. The predicted molar refractivity (Wildman–Crippen MR) is 79.9 cm³/mol. The van der Waals surface area contributed by atoms with Crippen LogP contribution in [-0.2, 0) is 11.2 Å². The molecule has 100 valence electrons. The third-order valence-electron chi connectivity index (χ3n) is 2.65. The minimum Gasteiger partial charge on any atom is -0.302 e. The second-order valence-corrected chi connectivity index (χ2v) is 5.62. The number of carbonyl (C=O) groups is 1. The molecule has 0 atom stereocenters. The number of aryl methyl sites for hydroxylation is 2. The van der Waals surface area contributed by atoms with Crippen molar-refractivity contribution in [2.24, 2.45) is 0 Å². The van der Waals surface area contributed by atoms with Crippen molar-refractivity contribution in [3.63, 3.8) is 0 Å². The molecule has 1 amide bonds. The molecule has 0 unspecified atom stereocenters. The predicted octanol–water partition coefficient (Wildman–Crippen LogP) is 4.07. The molecule has 0 bridgehead atoms. The van der Waals surface area contributed by atoms with Crippen molar-refractivity contribution < 1.29 is 4.79 Å². The summed E-state index contributed by atoms with van der Waals surface area (Å²) in [4.78, 5) is 15.9. The molecule has 0 aliphatic carbocycles. The van der Waals surface area contributed by atoms with Crippen molar-refractivity contribution in [2.75, 3.05) is 5.32 Å². The Kier molecular flexibility index (Phi) is 4.93. The quantitative estimate of drug-likeness (QED) is 0.903. The van der Waals surface area contributed by atoms with Gasteiger partial charge >= 0.3 is 0 Å². The van der Waals surface area contributed by atoms with Crippen molar-refractivity contribution in [3.8, 4) is 0 Å². The van der Waals surface area contributed by atoms with E-state index in [2.05, 4.69) is 10.3 Å². The van der Waals surface area contributed by atoms with Gasteiger partial charge in [0.05, 0.1) is 5.69 Å². The first kappa shape index (κ1) is 14.0. The molecule has 0 fully saturated rings. The molecular formula is C14H15ClN2OS. The Hall–Kier alpha value is -1.39. The van der Waals surface area contributed by atoms with Gasteiger partial charge in [0.25, 0.3) is 0 Å². The van der Waals surface area contributed by atoms with Gasteiger partial charge in [0, 0.05) is 16.8 Å². The summed E-state index contributed by atoms with van der Waals surface area (Å²) < 4.78 is 0. The number of nitrogens with one attached hydrogen (secondary N) is 1. The first-order valence-corrected chi connectivity index (χ1v) is 7.35. The van der Waals surface area contributed by atoms with Crippen LogP contribution in [0.5, 0.6) is 0 Å². The number of rotatable bonds is 5. The van der Waals surface area contributed by atoms with Crippen LogP contribution in [0.2, 0.25) is 5.02 Å². The summed E-state index contributed by atoms with van der Waals surface area (Å²) in [6.07, 6.45) is 2.20. The molecule has 2 aromatic rings. The maximum absolute atomic E-state index is 11.7. The highest BCUT2D eigenvalue weighted by Gasteiger charge is 2.05. The second-order valence-electron chi connectivity index (χ2n) is 4.32. The minimum atomic E-state index is 0.0170. The molecule has 0 saturated carbocycles. The van der Waals surface area contributed by atoms with Crippen LogP contribution in [-0.4, -0.2) is 10.9 Å². The zero-order valence-corrected chi connectivity index (χ0v) is 12.2. The summed E-state index contributed by atoms with van der Waals surface area (Å²) in [7, 11) is 0. The largest absolute Gasteiger partial charge is 0.302 e. The monoisotopic (exact) mass is 294 g/mol. The highest BCUT2D eigenvalue weighted by molar-refractivity contribution is 7.13. The van der Waals surface area contributed by atoms with Crippen LogP contribution in [0, 0.1) is 6.92 Å². The van der Waals surface area contributed by atoms with E-state index in [4.69, 9.17) is 11.6 Å². The molecule has 0 radical (unpaired) electrons. The normalized spacial score (nSPS) is 10.4. The van der Waals surface area contributed by atoms with Gasteiger partial charge in [-0.3, -0.25) is 4.79 Å². The molecule has 2 rings (SSSR count).